The molecule has 2 heterocycles. The predicted molar refractivity (Wildman–Crippen MR) is 115 cm³/mol. The van der Waals surface area contributed by atoms with Crippen molar-refractivity contribution in [1.82, 2.24) is 15.1 Å². The first kappa shape index (κ1) is 18.9. The van der Waals surface area contributed by atoms with E-state index in [-0.39, 0.29) is 5.91 Å². The summed E-state index contributed by atoms with van der Waals surface area (Å²) in [7, 11) is 0. The highest BCUT2D eigenvalue weighted by Gasteiger charge is 2.21. The minimum absolute atomic E-state index is 0.134. The molecular formula is C22H25N6O+. The first-order valence-electron chi connectivity index (χ1n) is 9.89. The molecule has 1 saturated heterocycles. The molecule has 4 rings (SSSR count). The van der Waals surface area contributed by atoms with E-state index >= 15 is 0 Å². The molecule has 1 aliphatic carbocycles. The number of amides is 1. The lowest BCUT2D eigenvalue weighted by Crippen LogP contribution is -2.31. The van der Waals surface area contributed by atoms with E-state index in [1.807, 2.05) is 48.6 Å². The molecule has 1 aromatic heterocycles. The average molecular weight is 389 g/mol. The van der Waals surface area contributed by atoms with Crippen molar-refractivity contribution in [2.75, 3.05) is 18.8 Å². The van der Waals surface area contributed by atoms with Gasteiger partial charge in [-0.3, -0.25) is 4.79 Å². The second-order valence-corrected chi connectivity index (χ2v) is 7.20. The molecule has 1 aliphatic heterocycles. The summed E-state index contributed by atoms with van der Waals surface area (Å²) in [6.07, 6.45) is 11.3. The quantitative estimate of drug-likeness (QED) is 0.625. The van der Waals surface area contributed by atoms with E-state index in [0.717, 1.165) is 24.5 Å². The maximum Gasteiger partial charge on any atom is 0.221 e. The number of aliphatic imine (C=N–C) groups is 1. The minimum Gasteiger partial charge on any atom is -0.382 e. The predicted octanol–water partition coefficient (Wildman–Crippen LogP) is 2.75. The first-order valence-corrected chi connectivity index (χ1v) is 9.89. The Morgan fingerprint density at radius 2 is 1.93 bits per heavy atom. The van der Waals surface area contributed by atoms with Gasteiger partial charge in [0.1, 0.15) is 18.8 Å². The van der Waals surface area contributed by atoms with Crippen molar-refractivity contribution in [2.45, 2.75) is 26.2 Å². The van der Waals surface area contributed by atoms with Gasteiger partial charge < -0.3 is 11.1 Å². The van der Waals surface area contributed by atoms with Gasteiger partial charge in [0.05, 0.1) is 23.3 Å². The van der Waals surface area contributed by atoms with Gasteiger partial charge in [-0.15, -0.1) is 0 Å². The van der Waals surface area contributed by atoms with Crippen LogP contribution in [0.1, 0.15) is 26.2 Å². The molecule has 148 valence electrons. The van der Waals surface area contributed by atoms with Gasteiger partial charge in [-0.2, -0.15) is 5.10 Å². The van der Waals surface area contributed by atoms with E-state index in [0.29, 0.717) is 22.9 Å². The number of nitrogens with zero attached hydrogens (tertiary/aromatic N) is 4. The van der Waals surface area contributed by atoms with Gasteiger partial charge in [-0.05, 0) is 24.6 Å². The smallest absolute Gasteiger partial charge is 0.221 e. The minimum atomic E-state index is -0.134. The number of piperidine rings is 1. The van der Waals surface area contributed by atoms with Crippen molar-refractivity contribution < 1.29 is 9.37 Å². The summed E-state index contributed by atoms with van der Waals surface area (Å²) in [6, 6.07) is 9.67. The summed E-state index contributed by atoms with van der Waals surface area (Å²) in [6.45, 7) is 3.57. The number of nitrogen functional groups attached to an aromatic ring is 1. The zero-order valence-corrected chi connectivity index (χ0v) is 16.5. The van der Waals surface area contributed by atoms with Crippen molar-refractivity contribution in [2.24, 2.45) is 4.99 Å². The van der Waals surface area contributed by atoms with Crippen molar-refractivity contribution in [3.63, 3.8) is 0 Å². The lowest BCUT2D eigenvalue weighted by Gasteiger charge is -2.16. The van der Waals surface area contributed by atoms with Crippen LogP contribution in [0.25, 0.3) is 5.69 Å². The molecule has 29 heavy (non-hydrogen) atoms. The molecule has 2 aromatic rings. The number of nitrogens with two attached hydrogens (primary N) is 1. The summed E-state index contributed by atoms with van der Waals surface area (Å²) in [5, 5.41) is 7.27. The number of hydrogen-bond acceptors (Lipinski definition) is 4. The third kappa shape index (κ3) is 4.18. The van der Waals surface area contributed by atoms with Gasteiger partial charge in [-0.25, -0.2) is 14.2 Å². The Hall–Kier alpha value is -3.48. The number of aromatic nitrogens is 2. The molecule has 7 nitrogen and oxygen atoms in total. The largest absolute Gasteiger partial charge is 0.382 e. The average Bonchev–Trinajstić information content (AvgIpc) is 3.10. The molecule has 1 amide bonds. The van der Waals surface area contributed by atoms with E-state index in [1.54, 1.807) is 10.9 Å². The number of anilines is 1. The molecule has 0 radical (unpaired) electrons. The zero-order valence-electron chi connectivity index (χ0n) is 16.5. The topological polar surface area (TPSA) is 88.3 Å². The number of nitrogens with one attached hydrogen (secondary N) is 1. The van der Waals surface area contributed by atoms with Gasteiger partial charge in [0, 0.05) is 31.9 Å². The van der Waals surface area contributed by atoms with Gasteiger partial charge in [0.25, 0.3) is 0 Å². The number of allylic oxidation sites excluding steroid dienone is 3. The van der Waals surface area contributed by atoms with Crippen molar-refractivity contribution >= 4 is 28.8 Å². The number of rotatable bonds is 3. The van der Waals surface area contributed by atoms with Crippen LogP contribution in [0.3, 0.4) is 0 Å². The number of carbonyl (C=O) groups is 1. The summed E-state index contributed by atoms with van der Waals surface area (Å²) < 4.78 is 4.00. The fraction of sp³-hybridized carbons (Fsp3) is 0.273. The Morgan fingerprint density at radius 1 is 1.17 bits per heavy atom. The first-order chi connectivity index (χ1) is 14.1. The van der Waals surface area contributed by atoms with Crippen LogP contribution >= 0.6 is 0 Å². The van der Waals surface area contributed by atoms with Crippen LogP contribution in [0, 0.1) is 0 Å². The van der Waals surface area contributed by atoms with Crippen LogP contribution in [-0.2, 0) is 4.79 Å². The summed E-state index contributed by atoms with van der Waals surface area (Å²) in [5.74, 6) is 0.315. The van der Waals surface area contributed by atoms with Crippen LogP contribution in [0.5, 0.6) is 0 Å². The molecule has 1 aromatic carbocycles. The SMILES string of the molecule is CC(=O)NC1=CC(=[N+]2CCCCC2)C=C/C1=N/c1cnn(-c2ccccc2)c1N. The maximum atomic E-state index is 11.8. The fourth-order valence-electron chi connectivity index (χ4n) is 3.60. The number of benzene rings is 1. The van der Waals surface area contributed by atoms with E-state index in [4.69, 9.17) is 5.73 Å². The van der Waals surface area contributed by atoms with Gasteiger partial charge in [0.2, 0.25) is 11.6 Å². The van der Waals surface area contributed by atoms with E-state index in [1.165, 1.54) is 26.2 Å². The highest BCUT2D eigenvalue weighted by Crippen LogP contribution is 2.26. The standard InChI is InChI=1S/C22H24N6O/c1-16(29)25-20-14-18(27-12-6-3-7-13-27)10-11-19(20)26-21-15-24-28(22(21)23)17-8-4-2-5-9-17/h2,4-5,8-11,14-15H,3,6-7,12-13H2,1H3,(H2,23,24,25,29)/p+1. The van der Waals surface area contributed by atoms with Crippen molar-refractivity contribution in [3.05, 3.63) is 60.5 Å². The molecule has 1 fully saturated rings. The lowest BCUT2D eigenvalue weighted by atomic mass is 10.1. The highest BCUT2D eigenvalue weighted by atomic mass is 16.1. The second kappa shape index (κ2) is 8.26. The molecule has 0 bridgehead atoms. The Bertz CT molecular complexity index is 1030. The highest BCUT2D eigenvalue weighted by molar-refractivity contribution is 6.21. The van der Waals surface area contributed by atoms with Crippen LogP contribution in [0.15, 0.2) is 65.4 Å². The Balaban J connectivity index is 1.69. The number of carbonyl (C=O) groups excluding carboxylic acids is 1. The van der Waals surface area contributed by atoms with Gasteiger partial charge in [-0.1, -0.05) is 18.2 Å². The number of para-hydroxylation sites is 1. The fourth-order valence-corrected chi connectivity index (χ4v) is 3.60. The second-order valence-electron chi connectivity index (χ2n) is 7.20. The van der Waals surface area contributed by atoms with Crippen LogP contribution in [0.2, 0.25) is 0 Å². The monoisotopic (exact) mass is 389 g/mol. The molecular weight excluding hydrogens is 364 g/mol. The Morgan fingerprint density at radius 3 is 2.66 bits per heavy atom. The van der Waals surface area contributed by atoms with E-state index in [9.17, 15) is 4.79 Å². The summed E-state index contributed by atoms with van der Waals surface area (Å²) in [4.78, 5) is 16.4. The summed E-state index contributed by atoms with van der Waals surface area (Å²) in [5.41, 5.74) is 10.1. The van der Waals surface area contributed by atoms with Gasteiger partial charge >= 0.3 is 0 Å². The molecule has 3 N–H and O–H groups in total. The van der Waals surface area contributed by atoms with Crippen LogP contribution in [-0.4, -0.2) is 44.8 Å². The molecule has 0 saturated carbocycles. The summed E-state index contributed by atoms with van der Waals surface area (Å²) >= 11 is 0. The van der Waals surface area contributed by atoms with Crippen LogP contribution in [0.4, 0.5) is 11.5 Å². The van der Waals surface area contributed by atoms with Crippen molar-refractivity contribution in [1.29, 1.82) is 0 Å². The third-order valence-electron chi connectivity index (χ3n) is 5.04. The maximum absolute atomic E-state index is 11.8. The van der Waals surface area contributed by atoms with Crippen molar-refractivity contribution in [3.8, 4) is 5.69 Å². The van der Waals surface area contributed by atoms with Crippen LogP contribution < -0.4 is 11.1 Å². The molecule has 0 spiro atoms. The Kier molecular flexibility index (Phi) is 5.37. The molecule has 7 heteroatoms. The lowest BCUT2D eigenvalue weighted by molar-refractivity contribution is -0.535. The molecule has 2 aliphatic rings. The number of hydrogen-bond donors (Lipinski definition) is 2. The molecule has 0 atom stereocenters. The van der Waals surface area contributed by atoms with E-state index in [2.05, 4.69) is 20.0 Å². The third-order valence-corrected chi connectivity index (χ3v) is 5.04. The van der Waals surface area contributed by atoms with E-state index < -0.39 is 0 Å². The zero-order chi connectivity index (χ0) is 20.2. The molecule has 0 unspecified atom stereocenters. The Labute approximate surface area is 170 Å². The normalized spacial score (nSPS) is 18.1. The van der Waals surface area contributed by atoms with Gasteiger partial charge in [0.15, 0.2) is 5.82 Å².